The van der Waals surface area contributed by atoms with Crippen LogP contribution in [0.2, 0.25) is 0 Å². The van der Waals surface area contributed by atoms with E-state index in [-0.39, 0.29) is 16.8 Å². The normalized spacial score (nSPS) is 10.5. The Morgan fingerprint density at radius 2 is 2.00 bits per heavy atom. The van der Waals surface area contributed by atoms with Crippen molar-refractivity contribution >= 4 is 29.0 Å². The first-order valence-corrected chi connectivity index (χ1v) is 8.06. The number of hydrogen-bond acceptors (Lipinski definition) is 6. The third-order valence-electron chi connectivity index (χ3n) is 3.15. The van der Waals surface area contributed by atoms with Crippen LogP contribution in [0.4, 0.5) is 5.69 Å². The molecular formula is C16H14N4O3S. The summed E-state index contributed by atoms with van der Waals surface area (Å²) in [6, 6.07) is 12.2. The molecule has 0 unspecified atom stereocenters. The van der Waals surface area contributed by atoms with Crippen molar-refractivity contribution in [1.82, 2.24) is 14.4 Å². The standard InChI is InChI=1S/C16H14N4O3S/c1-23-12-7-5-11(6-8-12)17-14(21)10-24-15-18-13-4-2-3-9-20(13)16(22)19-15/h2-9H,10H2,1H3,(H,17,21). The number of methoxy groups -OCH3 is 1. The van der Waals surface area contributed by atoms with Gasteiger partial charge in [0.05, 0.1) is 12.9 Å². The number of amides is 1. The van der Waals surface area contributed by atoms with Gasteiger partial charge in [-0.3, -0.25) is 9.20 Å². The highest BCUT2D eigenvalue weighted by Gasteiger charge is 2.08. The zero-order chi connectivity index (χ0) is 16.9. The fourth-order valence-corrected chi connectivity index (χ4v) is 2.64. The lowest BCUT2D eigenvalue weighted by atomic mass is 10.3. The predicted molar refractivity (Wildman–Crippen MR) is 91.6 cm³/mol. The first-order valence-electron chi connectivity index (χ1n) is 7.08. The lowest BCUT2D eigenvalue weighted by molar-refractivity contribution is -0.113. The molecule has 7 nitrogen and oxygen atoms in total. The van der Waals surface area contributed by atoms with Crippen molar-refractivity contribution in [3.63, 3.8) is 0 Å². The minimum Gasteiger partial charge on any atom is -0.497 e. The number of nitrogens with one attached hydrogen (secondary N) is 1. The maximum atomic E-state index is 12.0. The fourth-order valence-electron chi connectivity index (χ4n) is 2.01. The van der Waals surface area contributed by atoms with Crippen LogP contribution in [0.3, 0.4) is 0 Å². The Morgan fingerprint density at radius 3 is 2.75 bits per heavy atom. The van der Waals surface area contributed by atoms with Crippen LogP contribution in [-0.4, -0.2) is 33.1 Å². The quantitative estimate of drug-likeness (QED) is 0.712. The molecule has 0 aliphatic heterocycles. The van der Waals surface area contributed by atoms with Gasteiger partial charge >= 0.3 is 5.69 Å². The Labute approximate surface area is 141 Å². The Bertz CT molecular complexity index is 925. The van der Waals surface area contributed by atoms with Crippen molar-refractivity contribution in [2.75, 3.05) is 18.2 Å². The summed E-state index contributed by atoms with van der Waals surface area (Å²) < 4.78 is 6.41. The molecule has 1 N–H and O–H groups in total. The number of hydrogen-bond donors (Lipinski definition) is 1. The fraction of sp³-hybridized carbons (Fsp3) is 0.125. The van der Waals surface area contributed by atoms with E-state index in [0.717, 1.165) is 11.8 Å². The van der Waals surface area contributed by atoms with Gasteiger partial charge in [0, 0.05) is 11.9 Å². The summed E-state index contributed by atoms with van der Waals surface area (Å²) in [6.45, 7) is 0. The summed E-state index contributed by atoms with van der Waals surface area (Å²) in [5.74, 6) is 0.614. The molecule has 8 heteroatoms. The number of carbonyl (C=O) groups excluding carboxylic acids is 1. The Morgan fingerprint density at radius 1 is 1.21 bits per heavy atom. The molecule has 0 saturated heterocycles. The summed E-state index contributed by atoms with van der Waals surface area (Å²) in [6.07, 6.45) is 1.60. The number of carbonyl (C=O) groups is 1. The van der Waals surface area contributed by atoms with Crippen molar-refractivity contribution in [3.05, 3.63) is 59.1 Å². The van der Waals surface area contributed by atoms with E-state index in [1.54, 1.807) is 55.8 Å². The molecule has 0 bridgehead atoms. The molecule has 2 aromatic heterocycles. The van der Waals surface area contributed by atoms with Crippen molar-refractivity contribution in [2.24, 2.45) is 0 Å². The summed E-state index contributed by atoms with van der Waals surface area (Å²) >= 11 is 1.11. The van der Waals surface area contributed by atoms with Gasteiger partial charge in [0.1, 0.15) is 11.4 Å². The number of fused-ring (bicyclic) bond motifs is 1. The molecule has 122 valence electrons. The number of ether oxygens (including phenoxy) is 1. The highest BCUT2D eigenvalue weighted by molar-refractivity contribution is 7.99. The predicted octanol–water partition coefficient (Wildman–Crippen LogP) is 1.83. The smallest absolute Gasteiger partial charge is 0.355 e. The minimum absolute atomic E-state index is 0.106. The molecule has 0 atom stereocenters. The highest BCUT2D eigenvalue weighted by Crippen LogP contribution is 2.16. The van der Waals surface area contributed by atoms with Gasteiger partial charge in [-0.15, -0.1) is 0 Å². The zero-order valence-corrected chi connectivity index (χ0v) is 13.6. The number of rotatable bonds is 5. The van der Waals surface area contributed by atoms with Crippen LogP contribution >= 0.6 is 11.8 Å². The SMILES string of the molecule is COc1ccc(NC(=O)CSc2nc(=O)n3ccccc3n2)cc1. The van der Waals surface area contributed by atoms with Crippen LogP contribution in [0.15, 0.2) is 58.6 Å². The monoisotopic (exact) mass is 342 g/mol. The molecule has 3 aromatic rings. The number of thioether (sulfide) groups is 1. The first kappa shape index (κ1) is 16.0. The van der Waals surface area contributed by atoms with Crippen molar-refractivity contribution < 1.29 is 9.53 Å². The number of nitrogens with zero attached hydrogens (tertiary/aromatic N) is 3. The van der Waals surface area contributed by atoms with Crippen LogP contribution in [-0.2, 0) is 4.79 Å². The van der Waals surface area contributed by atoms with Crippen LogP contribution < -0.4 is 15.7 Å². The summed E-state index contributed by atoms with van der Waals surface area (Å²) in [5, 5.41) is 3.04. The summed E-state index contributed by atoms with van der Waals surface area (Å²) in [5.41, 5.74) is 0.745. The molecule has 1 amide bonds. The maximum Gasteiger partial charge on any atom is 0.355 e. The molecule has 0 radical (unpaired) electrons. The lowest BCUT2D eigenvalue weighted by Gasteiger charge is -2.06. The maximum absolute atomic E-state index is 12.0. The van der Waals surface area contributed by atoms with Gasteiger partial charge in [-0.25, -0.2) is 9.78 Å². The van der Waals surface area contributed by atoms with Gasteiger partial charge in [0.15, 0.2) is 5.16 Å². The molecule has 0 saturated carbocycles. The van der Waals surface area contributed by atoms with E-state index in [0.29, 0.717) is 17.1 Å². The van der Waals surface area contributed by atoms with E-state index in [1.165, 1.54) is 4.40 Å². The summed E-state index contributed by atoms with van der Waals surface area (Å²) in [4.78, 5) is 32.0. The zero-order valence-electron chi connectivity index (χ0n) is 12.8. The van der Waals surface area contributed by atoms with Crippen LogP contribution in [0, 0.1) is 0 Å². The Hall–Kier alpha value is -2.87. The van der Waals surface area contributed by atoms with Crippen molar-refractivity contribution in [1.29, 1.82) is 0 Å². The number of pyridine rings is 1. The molecule has 0 aliphatic rings. The number of benzene rings is 1. The average Bonchev–Trinajstić information content (AvgIpc) is 2.61. The minimum atomic E-state index is -0.418. The topological polar surface area (TPSA) is 85.6 Å². The van der Waals surface area contributed by atoms with Crippen molar-refractivity contribution in [2.45, 2.75) is 5.16 Å². The van der Waals surface area contributed by atoms with E-state index in [1.807, 2.05) is 0 Å². The van der Waals surface area contributed by atoms with Gasteiger partial charge in [-0.05, 0) is 36.4 Å². The summed E-state index contributed by atoms with van der Waals surface area (Å²) in [7, 11) is 1.58. The van der Waals surface area contributed by atoms with E-state index in [4.69, 9.17) is 4.74 Å². The molecule has 24 heavy (non-hydrogen) atoms. The number of anilines is 1. The molecule has 1 aromatic carbocycles. The van der Waals surface area contributed by atoms with Crippen LogP contribution in [0.5, 0.6) is 5.75 Å². The molecule has 3 rings (SSSR count). The molecule has 0 aliphatic carbocycles. The second kappa shape index (κ2) is 7.14. The second-order valence-corrected chi connectivity index (χ2v) is 5.73. The lowest BCUT2D eigenvalue weighted by Crippen LogP contribution is -2.20. The first-order chi connectivity index (χ1) is 11.7. The molecule has 0 spiro atoms. The molecule has 2 heterocycles. The van der Waals surface area contributed by atoms with E-state index in [9.17, 15) is 9.59 Å². The third kappa shape index (κ3) is 3.72. The van der Waals surface area contributed by atoms with Gasteiger partial charge in [0.25, 0.3) is 0 Å². The number of aromatic nitrogens is 3. The van der Waals surface area contributed by atoms with Gasteiger partial charge < -0.3 is 10.1 Å². The van der Waals surface area contributed by atoms with Crippen molar-refractivity contribution in [3.8, 4) is 5.75 Å². The third-order valence-corrected chi connectivity index (χ3v) is 4.00. The van der Waals surface area contributed by atoms with Crippen LogP contribution in [0.1, 0.15) is 0 Å². The molecule has 0 fully saturated rings. The Balaban J connectivity index is 1.64. The largest absolute Gasteiger partial charge is 0.497 e. The van der Waals surface area contributed by atoms with Gasteiger partial charge in [0.2, 0.25) is 5.91 Å². The highest BCUT2D eigenvalue weighted by atomic mass is 32.2. The molecular weight excluding hydrogens is 328 g/mol. The second-order valence-electron chi connectivity index (χ2n) is 4.78. The Kier molecular flexibility index (Phi) is 4.76. The van der Waals surface area contributed by atoms with E-state index in [2.05, 4.69) is 15.3 Å². The van der Waals surface area contributed by atoms with Gasteiger partial charge in [-0.2, -0.15) is 4.98 Å². The van der Waals surface area contributed by atoms with Crippen LogP contribution in [0.25, 0.3) is 5.65 Å². The van der Waals surface area contributed by atoms with E-state index >= 15 is 0 Å². The van der Waals surface area contributed by atoms with E-state index < -0.39 is 5.69 Å². The van der Waals surface area contributed by atoms with Gasteiger partial charge in [-0.1, -0.05) is 17.8 Å². The average molecular weight is 342 g/mol.